The second kappa shape index (κ2) is 6.23. The highest BCUT2D eigenvalue weighted by Crippen LogP contribution is 2.26. The number of hydrogen-bond donors (Lipinski definition) is 1. The minimum absolute atomic E-state index is 0.0532. The summed E-state index contributed by atoms with van der Waals surface area (Å²) in [6, 6.07) is 5.03. The lowest BCUT2D eigenvalue weighted by Crippen LogP contribution is -1.97. The fraction of sp³-hybridized carbons (Fsp3) is 0.200. The van der Waals surface area contributed by atoms with E-state index in [1.54, 1.807) is 18.2 Å². The van der Waals surface area contributed by atoms with E-state index in [1.165, 1.54) is 5.54 Å². The zero-order valence-corrected chi connectivity index (χ0v) is 9.98. The van der Waals surface area contributed by atoms with Crippen molar-refractivity contribution in [1.29, 1.82) is 0 Å². The van der Waals surface area contributed by atoms with Crippen LogP contribution in [0.4, 0.5) is 0 Å². The molecule has 0 aliphatic heterocycles. The fourth-order valence-electron chi connectivity index (χ4n) is 0.938. The van der Waals surface area contributed by atoms with Gasteiger partial charge in [0, 0.05) is 5.54 Å². The maximum atomic E-state index is 8.86. The molecule has 1 N–H and O–H groups in total. The Balaban J connectivity index is 2.70. The molecule has 15 heavy (non-hydrogen) atoms. The highest BCUT2D eigenvalue weighted by atomic mass is 35.5. The first-order chi connectivity index (χ1) is 7.17. The van der Waals surface area contributed by atoms with E-state index in [-0.39, 0.29) is 13.2 Å². The first-order valence-corrected chi connectivity index (χ1v) is 5.33. The fourth-order valence-corrected chi connectivity index (χ4v) is 1.31. The van der Waals surface area contributed by atoms with Crippen LogP contribution < -0.4 is 4.74 Å². The number of benzene rings is 1. The monoisotopic (exact) mass is 266 g/mol. The van der Waals surface area contributed by atoms with Crippen molar-refractivity contribution in [2.75, 3.05) is 6.61 Å². The van der Waals surface area contributed by atoms with Crippen LogP contribution in [0.15, 0.2) is 28.8 Å². The Bertz CT molecular complexity index is 364. The van der Waals surface area contributed by atoms with E-state index in [0.29, 0.717) is 15.8 Å². The number of aliphatic hydroxyl groups excluding tert-OH is 1. The lowest BCUT2D eigenvalue weighted by Gasteiger charge is -2.07. The first-order valence-electron chi connectivity index (χ1n) is 4.14. The molecular formula is C10H9Cl3O2. The van der Waals surface area contributed by atoms with E-state index >= 15 is 0 Å². The van der Waals surface area contributed by atoms with E-state index in [2.05, 4.69) is 0 Å². The third-order valence-corrected chi connectivity index (χ3v) is 2.55. The molecule has 5 heteroatoms. The van der Waals surface area contributed by atoms with E-state index in [1.807, 2.05) is 0 Å². The first kappa shape index (κ1) is 12.7. The van der Waals surface area contributed by atoms with Gasteiger partial charge in [0.2, 0.25) is 0 Å². The Morgan fingerprint density at radius 3 is 2.73 bits per heavy atom. The van der Waals surface area contributed by atoms with E-state index < -0.39 is 0 Å². The van der Waals surface area contributed by atoms with Crippen LogP contribution in [0.25, 0.3) is 0 Å². The van der Waals surface area contributed by atoms with Gasteiger partial charge in [-0.05, 0) is 17.7 Å². The van der Waals surface area contributed by atoms with Crippen molar-refractivity contribution >= 4 is 34.8 Å². The molecule has 0 heterocycles. The van der Waals surface area contributed by atoms with Gasteiger partial charge >= 0.3 is 0 Å². The largest absolute Gasteiger partial charge is 0.486 e. The van der Waals surface area contributed by atoms with Crippen LogP contribution in [0.2, 0.25) is 5.02 Å². The van der Waals surface area contributed by atoms with Crippen LogP contribution in [0.1, 0.15) is 5.56 Å². The Morgan fingerprint density at radius 2 is 2.20 bits per heavy atom. The van der Waals surface area contributed by atoms with Gasteiger partial charge in [-0.15, -0.1) is 0 Å². The second-order valence-corrected chi connectivity index (χ2v) is 3.88. The van der Waals surface area contributed by atoms with Crippen LogP contribution in [0.5, 0.6) is 5.75 Å². The molecule has 0 unspecified atom stereocenters. The van der Waals surface area contributed by atoms with Gasteiger partial charge in [-0.3, -0.25) is 0 Å². The molecule has 0 radical (unpaired) electrons. The van der Waals surface area contributed by atoms with Gasteiger partial charge in [0.25, 0.3) is 0 Å². The van der Waals surface area contributed by atoms with Gasteiger partial charge in [-0.2, -0.15) is 0 Å². The summed E-state index contributed by atoms with van der Waals surface area (Å²) in [6.45, 7) is 0.117. The Morgan fingerprint density at radius 1 is 1.47 bits per heavy atom. The zero-order valence-electron chi connectivity index (χ0n) is 7.71. The summed E-state index contributed by atoms with van der Waals surface area (Å²) in [5, 5.41) is 9.68. The molecule has 0 aliphatic carbocycles. The average molecular weight is 268 g/mol. The Kier molecular flexibility index (Phi) is 5.26. The van der Waals surface area contributed by atoms with Crippen LogP contribution in [0, 0.1) is 0 Å². The molecule has 0 saturated heterocycles. The minimum Gasteiger partial charge on any atom is -0.486 e. The summed E-state index contributed by atoms with van der Waals surface area (Å²) in [5.74, 6) is 0.505. The Labute approximate surface area is 103 Å². The van der Waals surface area contributed by atoms with Gasteiger partial charge in [0.05, 0.1) is 16.7 Å². The number of aliphatic hydroxyl groups is 1. The van der Waals surface area contributed by atoms with Crippen molar-refractivity contribution in [3.8, 4) is 5.75 Å². The molecule has 2 nitrogen and oxygen atoms in total. The maximum Gasteiger partial charge on any atom is 0.138 e. The predicted molar refractivity (Wildman–Crippen MR) is 62.7 cm³/mol. The third-order valence-electron chi connectivity index (χ3n) is 1.66. The molecule has 0 bridgehead atoms. The summed E-state index contributed by atoms with van der Waals surface area (Å²) < 4.78 is 5.29. The number of halogens is 3. The van der Waals surface area contributed by atoms with Crippen molar-refractivity contribution in [2.24, 2.45) is 0 Å². The molecule has 0 aromatic heterocycles. The molecule has 82 valence electrons. The molecule has 1 rings (SSSR count). The van der Waals surface area contributed by atoms with Crippen LogP contribution in [-0.4, -0.2) is 11.7 Å². The highest BCUT2D eigenvalue weighted by Gasteiger charge is 2.03. The summed E-state index contributed by atoms with van der Waals surface area (Å²) in [7, 11) is 0. The summed E-state index contributed by atoms with van der Waals surface area (Å²) in [5.41, 5.74) is 1.96. The molecule has 0 atom stereocenters. The Hall–Kier alpha value is -0.410. The van der Waals surface area contributed by atoms with Gasteiger partial charge in [0.1, 0.15) is 12.4 Å². The summed E-state index contributed by atoms with van der Waals surface area (Å²) in [4.78, 5) is 0. The van der Waals surface area contributed by atoms with Crippen LogP contribution in [-0.2, 0) is 6.61 Å². The van der Waals surface area contributed by atoms with Crippen molar-refractivity contribution in [1.82, 2.24) is 0 Å². The molecule has 0 aliphatic rings. The molecule has 1 aromatic carbocycles. The van der Waals surface area contributed by atoms with Gasteiger partial charge in [-0.1, -0.05) is 40.9 Å². The summed E-state index contributed by atoms with van der Waals surface area (Å²) in [6.07, 6.45) is 0. The van der Waals surface area contributed by atoms with Crippen molar-refractivity contribution < 1.29 is 9.84 Å². The molecular weight excluding hydrogens is 258 g/mol. The standard InChI is InChI=1S/C10H9Cl3O2/c11-4-8(12)6-15-10-2-1-7(5-14)3-9(10)13/h1-4,14H,5-6H2. The number of rotatable bonds is 4. The quantitative estimate of drug-likeness (QED) is 0.904. The molecule has 0 fully saturated rings. The van der Waals surface area contributed by atoms with Crippen molar-refractivity contribution in [3.05, 3.63) is 39.4 Å². The average Bonchev–Trinajstić information content (AvgIpc) is 2.26. The van der Waals surface area contributed by atoms with Crippen LogP contribution >= 0.6 is 34.8 Å². The highest BCUT2D eigenvalue weighted by molar-refractivity contribution is 6.36. The normalized spacial score (nSPS) is 11.6. The lowest BCUT2D eigenvalue weighted by atomic mass is 10.2. The molecule has 0 spiro atoms. The second-order valence-electron chi connectivity index (χ2n) is 2.77. The number of hydrogen-bond acceptors (Lipinski definition) is 2. The predicted octanol–water partition coefficient (Wildman–Crippen LogP) is 3.53. The topological polar surface area (TPSA) is 29.5 Å². The smallest absolute Gasteiger partial charge is 0.138 e. The van der Waals surface area contributed by atoms with E-state index in [0.717, 1.165) is 5.56 Å². The molecule has 0 amide bonds. The SMILES string of the molecule is OCc1ccc(OCC(Cl)=CCl)c(Cl)c1. The van der Waals surface area contributed by atoms with Crippen molar-refractivity contribution in [3.63, 3.8) is 0 Å². The number of ether oxygens (including phenoxy) is 1. The molecule has 0 saturated carbocycles. The van der Waals surface area contributed by atoms with E-state index in [9.17, 15) is 0 Å². The lowest BCUT2D eigenvalue weighted by molar-refractivity contribution is 0.281. The summed E-state index contributed by atoms with van der Waals surface area (Å²) >= 11 is 16.9. The minimum atomic E-state index is -0.0532. The van der Waals surface area contributed by atoms with E-state index in [4.69, 9.17) is 44.6 Å². The van der Waals surface area contributed by atoms with Crippen molar-refractivity contribution in [2.45, 2.75) is 6.61 Å². The maximum absolute atomic E-state index is 8.86. The van der Waals surface area contributed by atoms with Gasteiger partial charge < -0.3 is 9.84 Å². The van der Waals surface area contributed by atoms with Gasteiger partial charge in [0.15, 0.2) is 0 Å². The van der Waals surface area contributed by atoms with Gasteiger partial charge in [-0.25, -0.2) is 0 Å². The zero-order chi connectivity index (χ0) is 11.3. The van der Waals surface area contributed by atoms with Crippen LogP contribution in [0.3, 0.4) is 0 Å². The third kappa shape index (κ3) is 3.92. The molecule has 1 aromatic rings.